The molecule has 0 saturated carbocycles. The van der Waals surface area contributed by atoms with Crippen LogP contribution in [-0.2, 0) is 4.74 Å². The number of ether oxygens (including phenoxy) is 2. The molecule has 5 rings (SSSR count). The molecular formula is C27H30BF5N4O4. The number of aromatic nitrogens is 3. The molecule has 2 aliphatic rings. The van der Waals surface area contributed by atoms with Crippen molar-refractivity contribution in [2.75, 3.05) is 39.5 Å². The quantitative estimate of drug-likeness (QED) is 0.273. The van der Waals surface area contributed by atoms with E-state index >= 15 is 4.39 Å². The second-order valence-corrected chi connectivity index (χ2v) is 10.4. The molecule has 0 bridgehead atoms. The highest BCUT2D eigenvalue weighted by molar-refractivity contribution is 6.53. The fraction of sp³-hybridized carbons (Fsp3) is 0.481. The van der Waals surface area contributed by atoms with Crippen LogP contribution in [0.25, 0.3) is 16.5 Å². The van der Waals surface area contributed by atoms with Crippen LogP contribution in [0.15, 0.2) is 42.0 Å². The number of fused-ring (bicyclic) bond motifs is 1. The standard InChI is InChI=1S/C27H30BF5N4O4/c29-13-17-15-36(16-17)8-10-40-23-7-5-19(14-34-23)25(21(28(38)39)12-27(31,32)33)18-4-6-22-20(11-18)26(30)35-37(22)24-3-1-2-9-41-24/h4-7,11,14,17,24,38-39H,1-3,8-10,12-13,15-16H2/b25-21-. The van der Waals surface area contributed by atoms with Crippen molar-refractivity contribution in [2.45, 2.75) is 38.1 Å². The van der Waals surface area contributed by atoms with Crippen molar-refractivity contribution in [1.29, 1.82) is 0 Å². The zero-order chi connectivity index (χ0) is 29.1. The molecule has 1 atom stereocenters. The van der Waals surface area contributed by atoms with Gasteiger partial charge in [0.25, 0.3) is 0 Å². The summed E-state index contributed by atoms with van der Waals surface area (Å²) in [5.74, 6) is -0.556. The Balaban J connectivity index is 1.46. The minimum atomic E-state index is -4.75. The third-order valence-corrected chi connectivity index (χ3v) is 7.34. The van der Waals surface area contributed by atoms with E-state index in [-0.39, 0.29) is 47.2 Å². The second kappa shape index (κ2) is 12.4. The van der Waals surface area contributed by atoms with Gasteiger partial charge >= 0.3 is 13.3 Å². The Kier molecular flexibility index (Phi) is 8.92. The Hall–Kier alpha value is -3.07. The number of halogens is 5. The average molecular weight is 580 g/mol. The van der Waals surface area contributed by atoms with Crippen molar-refractivity contribution in [3.63, 3.8) is 0 Å². The maximum atomic E-state index is 15.0. The largest absolute Gasteiger partial charge is 0.485 e. The van der Waals surface area contributed by atoms with Crippen LogP contribution in [0.4, 0.5) is 22.0 Å². The first kappa shape index (κ1) is 29.4. The zero-order valence-electron chi connectivity index (χ0n) is 22.2. The number of pyridine rings is 1. The van der Waals surface area contributed by atoms with Crippen LogP contribution in [-0.4, -0.2) is 82.5 Å². The molecule has 2 aromatic heterocycles. The summed E-state index contributed by atoms with van der Waals surface area (Å²) in [4.78, 5) is 6.22. The highest BCUT2D eigenvalue weighted by Gasteiger charge is 2.36. The maximum Gasteiger partial charge on any atom is 0.485 e. The Labute approximate surface area is 233 Å². The van der Waals surface area contributed by atoms with E-state index in [0.717, 1.165) is 12.8 Å². The summed E-state index contributed by atoms with van der Waals surface area (Å²) < 4.78 is 81.0. The van der Waals surface area contributed by atoms with Crippen molar-refractivity contribution in [3.8, 4) is 5.88 Å². The number of likely N-dealkylation sites (tertiary alicyclic amines) is 1. The molecule has 1 aromatic carbocycles. The van der Waals surface area contributed by atoms with E-state index in [1.54, 1.807) is 0 Å². The average Bonchev–Trinajstić information content (AvgIpc) is 3.26. The summed E-state index contributed by atoms with van der Waals surface area (Å²) in [5.41, 5.74) is -0.168. The molecule has 14 heteroatoms. The number of allylic oxidation sites excluding steroid dienone is 1. The van der Waals surface area contributed by atoms with E-state index in [1.807, 2.05) is 4.90 Å². The summed E-state index contributed by atoms with van der Waals surface area (Å²) in [6.45, 7) is 2.33. The van der Waals surface area contributed by atoms with Gasteiger partial charge in [-0.05, 0) is 54.1 Å². The molecule has 2 aliphatic heterocycles. The highest BCUT2D eigenvalue weighted by atomic mass is 19.4. The normalized spacial score (nSPS) is 19.2. The van der Waals surface area contributed by atoms with Crippen LogP contribution in [0.2, 0.25) is 0 Å². The molecule has 0 aliphatic carbocycles. The fourth-order valence-corrected chi connectivity index (χ4v) is 5.31. The van der Waals surface area contributed by atoms with Crippen LogP contribution >= 0.6 is 0 Å². The fourth-order valence-electron chi connectivity index (χ4n) is 5.31. The third kappa shape index (κ3) is 6.88. The third-order valence-electron chi connectivity index (χ3n) is 7.34. The van der Waals surface area contributed by atoms with Gasteiger partial charge in [0.1, 0.15) is 6.61 Å². The van der Waals surface area contributed by atoms with Gasteiger partial charge in [-0.15, -0.1) is 5.10 Å². The van der Waals surface area contributed by atoms with Gasteiger partial charge in [-0.2, -0.15) is 17.6 Å². The van der Waals surface area contributed by atoms with Crippen molar-refractivity contribution in [2.24, 2.45) is 5.92 Å². The highest BCUT2D eigenvalue weighted by Crippen LogP contribution is 2.37. The zero-order valence-corrected chi connectivity index (χ0v) is 22.2. The minimum Gasteiger partial charge on any atom is -0.476 e. The summed E-state index contributed by atoms with van der Waals surface area (Å²) in [6, 6.07) is 7.27. The monoisotopic (exact) mass is 580 g/mol. The van der Waals surface area contributed by atoms with Crippen LogP contribution in [0, 0.1) is 11.9 Å². The van der Waals surface area contributed by atoms with Gasteiger partial charge in [0, 0.05) is 50.0 Å². The van der Waals surface area contributed by atoms with E-state index in [2.05, 4.69) is 10.1 Å². The number of benzene rings is 1. The van der Waals surface area contributed by atoms with Crippen molar-refractivity contribution in [1.82, 2.24) is 19.7 Å². The molecule has 4 heterocycles. The summed E-state index contributed by atoms with van der Waals surface area (Å²) in [5, 5.41) is 24.1. The van der Waals surface area contributed by atoms with Gasteiger partial charge < -0.3 is 19.5 Å². The van der Waals surface area contributed by atoms with Crippen molar-refractivity contribution >= 4 is 23.6 Å². The van der Waals surface area contributed by atoms with Crippen molar-refractivity contribution in [3.05, 3.63) is 59.1 Å². The van der Waals surface area contributed by atoms with Crippen LogP contribution < -0.4 is 4.74 Å². The van der Waals surface area contributed by atoms with Gasteiger partial charge in [0.2, 0.25) is 11.8 Å². The molecule has 41 heavy (non-hydrogen) atoms. The van der Waals surface area contributed by atoms with E-state index < -0.39 is 37.4 Å². The van der Waals surface area contributed by atoms with Crippen LogP contribution in [0.1, 0.15) is 43.0 Å². The molecule has 0 radical (unpaired) electrons. The van der Waals surface area contributed by atoms with Crippen LogP contribution in [0.3, 0.4) is 0 Å². The van der Waals surface area contributed by atoms with Gasteiger partial charge in [0.15, 0.2) is 6.23 Å². The lowest BCUT2D eigenvalue weighted by molar-refractivity contribution is -0.126. The Morgan fingerprint density at radius 3 is 2.54 bits per heavy atom. The first-order valence-corrected chi connectivity index (χ1v) is 13.5. The molecule has 2 N–H and O–H groups in total. The lowest BCUT2D eigenvalue weighted by Crippen LogP contribution is -2.49. The first-order chi connectivity index (χ1) is 19.6. The number of alkyl halides is 4. The van der Waals surface area contributed by atoms with E-state index in [1.165, 1.54) is 41.2 Å². The number of rotatable bonds is 10. The smallest absolute Gasteiger partial charge is 0.476 e. The minimum absolute atomic E-state index is 0.0491. The molecule has 0 amide bonds. The Morgan fingerprint density at radius 1 is 1.12 bits per heavy atom. The Bertz CT molecular complexity index is 1370. The summed E-state index contributed by atoms with van der Waals surface area (Å²) in [7, 11) is -2.44. The van der Waals surface area contributed by atoms with Gasteiger partial charge in [-0.1, -0.05) is 6.07 Å². The SMILES string of the molecule is OB(O)/C(CC(F)(F)F)=C(\c1ccc(OCCN2CC(CF)C2)nc1)c1ccc2c(c1)c(F)nn2C1CCCCO1. The van der Waals surface area contributed by atoms with E-state index in [0.29, 0.717) is 38.2 Å². The topological polar surface area (TPSA) is 92.9 Å². The molecule has 2 saturated heterocycles. The number of hydrogen-bond acceptors (Lipinski definition) is 7. The summed E-state index contributed by atoms with van der Waals surface area (Å²) in [6.07, 6.45) is -3.13. The summed E-state index contributed by atoms with van der Waals surface area (Å²) >= 11 is 0. The molecule has 1 unspecified atom stereocenters. The van der Waals surface area contributed by atoms with E-state index in [4.69, 9.17) is 9.47 Å². The predicted octanol–water partition coefficient (Wildman–Crippen LogP) is 4.32. The molecule has 220 valence electrons. The lowest BCUT2D eigenvalue weighted by Gasteiger charge is -2.37. The van der Waals surface area contributed by atoms with Gasteiger partial charge in [0.05, 0.1) is 24.0 Å². The molecular weight excluding hydrogens is 550 g/mol. The molecule has 8 nitrogen and oxygen atoms in total. The lowest BCUT2D eigenvalue weighted by atomic mass is 9.71. The van der Waals surface area contributed by atoms with Gasteiger partial charge in [-0.25, -0.2) is 9.67 Å². The molecule has 0 spiro atoms. The predicted molar refractivity (Wildman–Crippen MR) is 141 cm³/mol. The van der Waals surface area contributed by atoms with E-state index in [9.17, 15) is 27.6 Å². The number of hydrogen-bond donors (Lipinski definition) is 2. The maximum absolute atomic E-state index is 15.0. The Morgan fingerprint density at radius 2 is 1.90 bits per heavy atom. The molecule has 3 aromatic rings. The van der Waals surface area contributed by atoms with Gasteiger partial charge in [-0.3, -0.25) is 9.29 Å². The second-order valence-electron chi connectivity index (χ2n) is 10.4. The molecule has 2 fully saturated rings. The van der Waals surface area contributed by atoms with Crippen molar-refractivity contribution < 1.29 is 41.5 Å². The van der Waals surface area contributed by atoms with Crippen LogP contribution in [0.5, 0.6) is 5.88 Å². The number of nitrogens with zero attached hydrogens (tertiary/aromatic N) is 4. The first-order valence-electron chi connectivity index (χ1n) is 13.5.